The highest BCUT2D eigenvalue weighted by Crippen LogP contribution is 2.65. The first kappa shape index (κ1) is 15.1. The van der Waals surface area contributed by atoms with E-state index in [0.29, 0.717) is 29.6 Å². The molecule has 4 aliphatic rings. The van der Waals surface area contributed by atoms with E-state index < -0.39 is 12.2 Å². The summed E-state index contributed by atoms with van der Waals surface area (Å²) in [4.78, 5) is 12.3. The smallest absolute Gasteiger partial charge is 0.190 e. The maximum Gasteiger partial charge on any atom is 0.190 e. The number of carbonyl (C=O) groups is 1. The Morgan fingerprint density at radius 2 is 1.77 bits per heavy atom. The van der Waals surface area contributed by atoms with Crippen LogP contribution >= 0.6 is 0 Å². The largest absolute Gasteiger partial charge is 0.385 e. The van der Waals surface area contributed by atoms with Crippen LogP contribution in [0.15, 0.2) is 0 Å². The average Bonchev–Trinajstić information content (AvgIpc) is 2.89. The van der Waals surface area contributed by atoms with Crippen LogP contribution < -0.4 is 0 Å². The molecule has 0 radical (unpaired) electrons. The van der Waals surface area contributed by atoms with E-state index in [4.69, 9.17) is 0 Å². The van der Waals surface area contributed by atoms with E-state index in [9.17, 15) is 15.0 Å². The Labute approximate surface area is 133 Å². The highest BCUT2D eigenvalue weighted by molar-refractivity contribution is 5.88. The fraction of sp³-hybridized carbons (Fsp3) is 0.947. The highest BCUT2D eigenvalue weighted by Gasteiger charge is 2.62. The van der Waals surface area contributed by atoms with E-state index in [1.54, 1.807) is 0 Å². The lowest BCUT2D eigenvalue weighted by Gasteiger charge is -2.61. The van der Waals surface area contributed by atoms with Crippen molar-refractivity contribution in [3.05, 3.63) is 0 Å². The molecule has 0 aromatic rings. The monoisotopic (exact) mass is 306 g/mol. The summed E-state index contributed by atoms with van der Waals surface area (Å²) < 4.78 is 0. The van der Waals surface area contributed by atoms with Gasteiger partial charge in [-0.3, -0.25) is 4.79 Å². The number of fused-ring (bicyclic) bond motifs is 5. The normalized spacial score (nSPS) is 57.9. The summed E-state index contributed by atoms with van der Waals surface area (Å²) in [6, 6.07) is 0. The number of aliphatic hydroxyl groups is 2. The summed E-state index contributed by atoms with van der Waals surface area (Å²) >= 11 is 0. The Morgan fingerprint density at radius 3 is 2.55 bits per heavy atom. The Bertz CT molecular complexity index is 489. The number of rotatable bonds is 0. The molecule has 3 heteroatoms. The van der Waals surface area contributed by atoms with Crippen LogP contribution in [0.5, 0.6) is 0 Å². The van der Waals surface area contributed by atoms with Crippen LogP contribution in [0.1, 0.15) is 65.2 Å². The average molecular weight is 306 g/mol. The van der Waals surface area contributed by atoms with Gasteiger partial charge in [-0.15, -0.1) is 0 Å². The molecule has 4 fully saturated rings. The number of hydrogen-bond donors (Lipinski definition) is 2. The van der Waals surface area contributed by atoms with Crippen molar-refractivity contribution < 1.29 is 15.0 Å². The van der Waals surface area contributed by atoms with Gasteiger partial charge in [-0.1, -0.05) is 20.3 Å². The SMILES string of the molecule is C[C@@]12CCC[C@H]1[C@@H]1CCC3CC(O)C(=O)C(O)[C@]3(C)[C@H]1CC2. The van der Waals surface area contributed by atoms with Crippen molar-refractivity contribution in [3.63, 3.8) is 0 Å². The van der Waals surface area contributed by atoms with Gasteiger partial charge in [0.1, 0.15) is 12.2 Å². The minimum Gasteiger partial charge on any atom is -0.385 e. The van der Waals surface area contributed by atoms with Gasteiger partial charge in [0.2, 0.25) is 0 Å². The van der Waals surface area contributed by atoms with Gasteiger partial charge in [-0.25, -0.2) is 0 Å². The van der Waals surface area contributed by atoms with Crippen LogP contribution in [0.2, 0.25) is 0 Å². The summed E-state index contributed by atoms with van der Waals surface area (Å²) in [7, 11) is 0. The van der Waals surface area contributed by atoms with E-state index in [1.807, 2.05) is 0 Å². The van der Waals surface area contributed by atoms with Crippen molar-refractivity contribution in [1.29, 1.82) is 0 Å². The lowest BCUT2D eigenvalue weighted by atomic mass is 9.44. The molecule has 0 aliphatic heterocycles. The zero-order valence-corrected chi connectivity index (χ0v) is 13.9. The molecule has 0 bridgehead atoms. The number of hydrogen-bond acceptors (Lipinski definition) is 3. The molecule has 124 valence electrons. The molecule has 4 rings (SSSR count). The van der Waals surface area contributed by atoms with E-state index in [0.717, 1.165) is 18.8 Å². The third kappa shape index (κ3) is 1.78. The molecule has 0 aromatic carbocycles. The quantitative estimate of drug-likeness (QED) is 0.723. The standard InChI is InChI=1S/C19H30O3/c1-18-8-3-4-13(18)12-6-5-11-10-15(20)16(21)17(22)19(11,2)14(12)7-9-18/h11-15,17,20,22H,3-10H2,1-2H3/t11?,12-,13-,14-,15?,17?,18-,19-/m0/s1. The van der Waals surface area contributed by atoms with Gasteiger partial charge in [0.15, 0.2) is 5.78 Å². The molecule has 0 saturated heterocycles. The third-order valence-electron chi connectivity index (χ3n) is 8.44. The molecular weight excluding hydrogens is 276 g/mol. The zero-order valence-electron chi connectivity index (χ0n) is 13.9. The van der Waals surface area contributed by atoms with Crippen molar-refractivity contribution >= 4 is 5.78 Å². The fourth-order valence-corrected chi connectivity index (χ4v) is 7.13. The molecule has 3 nitrogen and oxygen atoms in total. The van der Waals surface area contributed by atoms with Crippen LogP contribution in [-0.4, -0.2) is 28.2 Å². The van der Waals surface area contributed by atoms with Crippen LogP contribution in [0.25, 0.3) is 0 Å². The van der Waals surface area contributed by atoms with Crippen molar-refractivity contribution in [2.24, 2.45) is 34.5 Å². The third-order valence-corrected chi connectivity index (χ3v) is 8.44. The Morgan fingerprint density at radius 1 is 1.00 bits per heavy atom. The van der Waals surface area contributed by atoms with Crippen LogP contribution in [0, 0.1) is 34.5 Å². The molecule has 0 amide bonds. The number of carbonyl (C=O) groups excluding carboxylic acids is 1. The van der Waals surface area contributed by atoms with Crippen molar-refractivity contribution in [1.82, 2.24) is 0 Å². The summed E-state index contributed by atoms with van der Waals surface area (Å²) in [6.07, 6.45) is 7.44. The van der Waals surface area contributed by atoms with E-state index >= 15 is 0 Å². The first-order valence-corrected chi connectivity index (χ1v) is 9.28. The maximum absolute atomic E-state index is 12.3. The molecular formula is C19H30O3. The van der Waals surface area contributed by atoms with E-state index in [-0.39, 0.29) is 11.2 Å². The molecule has 4 saturated carbocycles. The van der Waals surface area contributed by atoms with Gasteiger partial charge < -0.3 is 10.2 Å². The van der Waals surface area contributed by atoms with E-state index in [2.05, 4.69) is 13.8 Å². The minimum absolute atomic E-state index is 0.302. The number of ketones is 1. The molecule has 22 heavy (non-hydrogen) atoms. The highest BCUT2D eigenvalue weighted by atomic mass is 16.3. The Hall–Kier alpha value is -0.410. The molecule has 0 aromatic heterocycles. The zero-order chi connectivity index (χ0) is 15.7. The lowest BCUT2D eigenvalue weighted by Crippen LogP contribution is -2.62. The van der Waals surface area contributed by atoms with Crippen molar-refractivity contribution in [2.45, 2.75) is 77.4 Å². The Kier molecular flexibility index (Phi) is 3.30. The molecule has 4 aliphatic carbocycles. The Balaban J connectivity index is 1.69. The number of aliphatic hydroxyl groups excluding tert-OH is 2. The molecule has 2 N–H and O–H groups in total. The lowest BCUT2D eigenvalue weighted by molar-refractivity contribution is -0.186. The first-order valence-electron chi connectivity index (χ1n) is 9.28. The molecule has 8 atom stereocenters. The summed E-state index contributed by atoms with van der Waals surface area (Å²) in [6.45, 7) is 4.63. The fourth-order valence-electron chi connectivity index (χ4n) is 7.13. The first-order chi connectivity index (χ1) is 10.4. The van der Waals surface area contributed by atoms with Crippen LogP contribution in [-0.2, 0) is 4.79 Å². The minimum atomic E-state index is -0.959. The van der Waals surface area contributed by atoms with Gasteiger partial charge in [-0.2, -0.15) is 0 Å². The van der Waals surface area contributed by atoms with Gasteiger partial charge in [0, 0.05) is 5.41 Å². The summed E-state index contributed by atoms with van der Waals surface area (Å²) in [5.41, 5.74) is 0.205. The predicted molar refractivity (Wildman–Crippen MR) is 84.1 cm³/mol. The van der Waals surface area contributed by atoms with Crippen LogP contribution in [0.3, 0.4) is 0 Å². The van der Waals surface area contributed by atoms with Gasteiger partial charge in [-0.05, 0) is 74.0 Å². The molecule has 3 unspecified atom stereocenters. The summed E-state index contributed by atoms with van der Waals surface area (Å²) in [5, 5.41) is 20.7. The van der Waals surface area contributed by atoms with Crippen molar-refractivity contribution in [2.75, 3.05) is 0 Å². The maximum atomic E-state index is 12.3. The molecule has 0 heterocycles. The predicted octanol–water partition coefficient (Wildman–Crippen LogP) is 2.93. The second-order valence-electron chi connectivity index (χ2n) is 9.16. The topological polar surface area (TPSA) is 57.5 Å². The second kappa shape index (κ2) is 4.80. The number of Topliss-reactive ketones (excluding diaryl/α,β-unsaturated/α-hetero) is 1. The van der Waals surface area contributed by atoms with Crippen molar-refractivity contribution in [3.8, 4) is 0 Å². The second-order valence-corrected chi connectivity index (χ2v) is 9.16. The van der Waals surface area contributed by atoms with Gasteiger partial charge in [0.25, 0.3) is 0 Å². The van der Waals surface area contributed by atoms with E-state index in [1.165, 1.54) is 32.1 Å². The van der Waals surface area contributed by atoms with Gasteiger partial charge >= 0.3 is 0 Å². The summed E-state index contributed by atoms with van der Waals surface area (Å²) in [5.74, 6) is 1.92. The van der Waals surface area contributed by atoms with Crippen LogP contribution in [0.4, 0.5) is 0 Å². The molecule has 0 spiro atoms. The van der Waals surface area contributed by atoms with Gasteiger partial charge in [0.05, 0.1) is 0 Å².